The Balaban J connectivity index is 1.39. The molecule has 0 atom stereocenters. The van der Waals surface area contributed by atoms with Gasteiger partial charge in [-0.3, -0.25) is 14.5 Å². The molecule has 2 amide bonds. The van der Waals surface area contributed by atoms with Crippen molar-refractivity contribution < 1.29 is 9.59 Å². The zero-order valence-corrected chi connectivity index (χ0v) is 13.8. The lowest BCUT2D eigenvalue weighted by molar-refractivity contribution is -0.141. The molecule has 1 N–H and O–H groups in total. The van der Waals surface area contributed by atoms with Crippen molar-refractivity contribution in [1.29, 1.82) is 0 Å². The predicted octanol–water partition coefficient (Wildman–Crippen LogP) is 1.53. The second-order valence-corrected chi connectivity index (χ2v) is 6.56. The molecular formula is C17H20N6O2. The van der Waals surface area contributed by atoms with Crippen LogP contribution in [0.1, 0.15) is 38.5 Å². The van der Waals surface area contributed by atoms with E-state index in [0.717, 1.165) is 31.4 Å². The van der Waals surface area contributed by atoms with Gasteiger partial charge in [0, 0.05) is 24.9 Å². The molecule has 130 valence electrons. The van der Waals surface area contributed by atoms with E-state index >= 15 is 0 Å². The van der Waals surface area contributed by atoms with E-state index in [1.807, 2.05) is 30.3 Å². The van der Waals surface area contributed by atoms with Crippen LogP contribution < -0.4 is 5.32 Å². The second kappa shape index (κ2) is 6.62. The Morgan fingerprint density at radius 2 is 1.64 bits per heavy atom. The summed E-state index contributed by atoms with van der Waals surface area (Å²) >= 11 is 0. The van der Waals surface area contributed by atoms with Crippen LogP contribution in [-0.4, -0.2) is 49.0 Å². The molecule has 0 bridgehead atoms. The highest BCUT2D eigenvalue weighted by molar-refractivity contribution is 6.02. The first-order valence-corrected chi connectivity index (χ1v) is 8.67. The molecule has 1 aromatic carbocycles. The second-order valence-electron chi connectivity index (χ2n) is 6.56. The van der Waals surface area contributed by atoms with Gasteiger partial charge in [0.15, 0.2) is 0 Å². The molecule has 8 heteroatoms. The summed E-state index contributed by atoms with van der Waals surface area (Å²) in [6.45, 7) is 0. The maximum Gasteiger partial charge on any atom is 0.247 e. The highest BCUT2D eigenvalue weighted by Gasteiger charge is 2.37. The van der Waals surface area contributed by atoms with Crippen LogP contribution in [0.25, 0.3) is 5.69 Å². The number of para-hydroxylation sites is 1. The summed E-state index contributed by atoms with van der Waals surface area (Å²) < 4.78 is 1.68. The molecule has 2 aromatic rings. The van der Waals surface area contributed by atoms with Gasteiger partial charge in [0.2, 0.25) is 17.8 Å². The minimum atomic E-state index is -0.0190. The smallest absolute Gasteiger partial charge is 0.247 e. The minimum Gasteiger partial charge on any atom is -0.350 e. The number of imide groups is 1. The van der Waals surface area contributed by atoms with Crippen LogP contribution in [-0.2, 0) is 9.59 Å². The SMILES string of the molecule is O=C1CCC(=O)N1C1CCC(Nc2nnnn2-c2ccccc2)CC1. The minimum absolute atomic E-state index is 0.0190. The molecular weight excluding hydrogens is 320 g/mol. The number of carbonyl (C=O) groups is 2. The molecule has 1 saturated heterocycles. The van der Waals surface area contributed by atoms with Crippen molar-refractivity contribution >= 4 is 17.8 Å². The van der Waals surface area contributed by atoms with Crippen molar-refractivity contribution in [2.24, 2.45) is 0 Å². The first-order valence-electron chi connectivity index (χ1n) is 8.67. The summed E-state index contributed by atoms with van der Waals surface area (Å²) in [5.41, 5.74) is 0.900. The Bertz CT molecular complexity index is 750. The van der Waals surface area contributed by atoms with Gasteiger partial charge < -0.3 is 5.32 Å². The average molecular weight is 340 g/mol. The van der Waals surface area contributed by atoms with Gasteiger partial charge in [-0.25, -0.2) is 0 Å². The number of hydrogen-bond donors (Lipinski definition) is 1. The van der Waals surface area contributed by atoms with E-state index in [1.165, 1.54) is 4.90 Å². The van der Waals surface area contributed by atoms with Gasteiger partial charge in [-0.2, -0.15) is 4.68 Å². The zero-order valence-electron chi connectivity index (χ0n) is 13.8. The lowest BCUT2D eigenvalue weighted by atomic mass is 9.90. The van der Waals surface area contributed by atoms with Crippen LogP contribution in [0.5, 0.6) is 0 Å². The summed E-state index contributed by atoms with van der Waals surface area (Å²) in [6.07, 6.45) is 4.13. The largest absolute Gasteiger partial charge is 0.350 e. The van der Waals surface area contributed by atoms with Crippen LogP contribution >= 0.6 is 0 Å². The van der Waals surface area contributed by atoms with Crippen LogP contribution in [0, 0.1) is 0 Å². The van der Waals surface area contributed by atoms with Crippen LogP contribution in [0.4, 0.5) is 5.95 Å². The number of rotatable bonds is 4. The Hall–Kier alpha value is -2.77. The highest BCUT2D eigenvalue weighted by atomic mass is 16.2. The molecule has 1 aromatic heterocycles. The predicted molar refractivity (Wildman–Crippen MR) is 89.9 cm³/mol. The molecule has 4 rings (SSSR count). The number of aromatic nitrogens is 4. The summed E-state index contributed by atoms with van der Waals surface area (Å²) in [5, 5.41) is 15.3. The number of carbonyl (C=O) groups excluding carboxylic acids is 2. The van der Waals surface area contributed by atoms with E-state index in [-0.39, 0.29) is 23.9 Å². The van der Waals surface area contributed by atoms with E-state index in [4.69, 9.17) is 0 Å². The fraction of sp³-hybridized carbons (Fsp3) is 0.471. The van der Waals surface area contributed by atoms with E-state index in [1.54, 1.807) is 4.68 Å². The van der Waals surface area contributed by atoms with Gasteiger partial charge in [0.25, 0.3) is 0 Å². The average Bonchev–Trinajstić information content (AvgIpc) is 3.23. The maximum atomic E-state index is 11.9. The number of tetrazole rings is 1. The molecule has 1 saturated carbocycles. The number of nitrogens with zero attached hydrogens (tertiary/aromatic N) is 5. The lowest BCUT2D eigenvalue weighted by Crippen LogP contribution is -2.43. The fourth-order valence-electron chi connectivity index (χ4n) is 3.68. The normalized spacial score (nSPS) is 23.9. The molecule has 2 fully saturated rings. The third-order valence-corrected chi connectivity index (χ3v) is 4.96. The van der Waals surface area contributed by atoms with E-state index in [2.05, 4.69) is 20.8 Å². The number of benzene rings is 1. The summed E-state index contributed by atoms with van der Waals surface area (Å²) in [7, 11) is 0. The third kappa shape index (κ3) is 3.11. The number of likely N-dealkylation sites (tertiary alicyclic amines) is 1. The number of amides is 2. The molecule has 0 spiro atoms. The van der Waals surface area contributed by atoms with E-state index < -0.39 is 0 Å². The van der Waals surface area contributed by atoms with E-state index in [9.17, 15) is 9.59 Å². The molecule has 0 radical (unpaired) electrons. The number of hydrogen-bond acceptors (Lipinski definition) is 6. The summed E-state index contributed by atoms with van der Waals surface area (Å²) in [4.78, 5) is 25.3. The van der Waals surface area contributed by atoms with Crippen LogP contribution in [0.15, 0.2) is 30.3 Å². The monoisotopic (exact) mass is 340 g/mol. The maximum absolute atomic E-state index is 11.9. The number of anilines is 1. The lowest BCUT2D eigenvalue weighted by Gasteiger charge is -2.33. The molecule has 2 aliphatic rings. The number of nitrogens with one attached hydrogen (secondary N) is 1. The van der Waals surface area contributed by atoms with Gasteiger partial charge >= 0.3 is 0 Å². The van der Waals surface area contributed by atoms with Crippen molar-refractivity contribution in [3.8, 4) is 5.69 Å². The Morgan fingerprint density at radius 3 is 2.32 bits per heavy atom. The molecule has 2 heterocycles. The summed E-state index contributed by atoms with van der Waals surface area (Å²) in [5.74, 6) is 0.576. The van der Waals surface area contributed by atoms with Gasteiger partial charge in [-0.15, -0.1) is 0 Å². The first kappa shape index (κ1) is 15.7. The molecule has 0 unspecified atom stereocenters. The molecule has 1 aliphatic carbocycles. The van der Waals surface area contributed by atoms with Gasteiger partial charge in [0.05, 0.1) is 5.69 Å². The van der Waals surface area contributed by atoms with Crippen LogP contribution in [0.2, 0.25) is 0 Å². The Kier molecular flexibility index (Phi) is 4.17. The molecule has 25 heavy (non-hydrogen) atoms. The standard InChI is InChI=1S/C17H20N6O2/c24-15-10-11-16(25)22(15)13-8-6-12(7-9-13)18-17-19-20-21-23(17)14-4-2-1-3-5-14/h1-5,12-13H,6-11H2,(H,18,19,21). The third-order valence-electron chi connectivity index (χ3n) is 4.96. The summed E-state index contributed by atoms with van der Waals surface area (Å²) in [6, 6.07) is 10.0. The molecule has 1 aliphatic heterocycles. The van der Waals surface area contributed by atoms with Crippen LogP contribution in [0.3, 0.4) is 0 Å². The Labute approximate surface area is 145 Å². The fourth-order valence-corrected chi connectivity index (χ4v) is 3.68. The van der Waals surface area contributed by atoms with Crippen molar-refractivity contribution in [3.05, 3.63) is 30.3 Å². The van der Waals surface area contributed by atoms with Crippen molar-refractivity contribution in [1.82, 2.24) is 25.1 Å². The Morgan fingerprint density at radius 1 is 0.960 bits per heavy atom. The van der Waals surface area contributed by atoms with Crippen molar-refractivity contribution in [2.75, 3.05) is 5.32 Å². The van der Waals surface area contributed by atoms with Gasteiger partial charge in [-0.1, -0.05) is 23.3 Å². The van der Waals surface area contributed by atoms with Gasteiger partial charge in [-0.05, 0) is 48.2 Å². The topological polar surface area (TPSA) is 93.0 Å². The van der Waals surface area contributed by atoms with E-state index in [0.29, 0.717) is 18.8 Å². The molecule has 8 nitrogen and oxygen atoms in total. The quantitative estimate of drug-likeness (QED) is 0.849. The first-order chi connectivity index (χ1) is 12.2. The highest BCUT2D eigenvalue weighted by Crippen LogP contribution is 2.28. The zero-order chi connectivity index (χ0) is 17.2. The van der Waals surface area contributed by atoms with Crippen molar-refractivity contribution in [3.63, 3.8) is 0 Å². The van der Waals surface area contributed by atoms with Crippen molar-refractivity contribution in [2.45, 2.75) is 50.6 Å². The van der Waals surface area contributed by atoms with Gasteiger partial charge in [0.1, 0.15) is 0 Å².